The summed E-state index contributed by atoms with van der Waals surface area (Å²) < 4.78 is 0. The zero-order chi connectivity index (χ0) is 17.1. The monoisotopic (exact) mass is 340 g/mol. The Morgan fingerprint density at radius 1 is 1.24 bits per heavy atom. The molecule has 0 spiro atoms. The van der Waals surface area contributed by atoms with Gasteiger partial charge in [-0.2, -0.15) is 0 Å². The predicted molar refractivity (Wildman–Crippen MR) is 94.3 cm³/mol. The largest absolute Gasteiger partial charge is 0.481 e. The molecule has 132 valence electrons. The SMILES string of the molecule is O=C(O)[C@@H]1C2C[C@H]3c4[nH]c5ccccc5c4CCN3C[C@@H]2CC[C@@H]1O. The molecule has 5 heteroatoms. The molecule has 5 atom stereocenters. The number of piperidine rings is 1. The lowest BCUT2D eigenvalue weighted by Crippen LogP contribution is -2.53. The van der Waals surface area contributed by atoms with Gasteiger partial charge in [-0.3, -0.25) is 9.69 Å². The molecule has 1 saturated heterocycles. The van der Waals surface area contributed by atoms with Crippen molar-refractivity contribution in [3.8, 4) is 0 Å². The number of aliphatic hydroxyl groups excluding tert-OH is 1. The van der Waals surface area contributed by atoms with Crippen LogP contribution in [0.3, 0.4) is 0 Å². The van der Waals surface area contributed by atoms with Gasteiger partial charge in [0.1, 0.15) is 0 Å². The fourth-order valence-electron chi connectivity index (χ4n) is 5.68. The minimum atomic E-state index is -0.830. The number of aromatic nitrogens is 1. The first-order chi connectivity index (χ1) is 12.1. The maximum absolute atomic E-state index is 11.8. The van der Waals surface area contributed by atoms with Crippen LogP contribution in [0.25, 0.3) is 10.9 Å². The van der Waals surface area contributed by atoms with Crippen LogP contribution in [-0.2, 0) is 11.2 Å². The van der Waals surface area contributed by atoms with Gasteiger partial charge in [-0.05, 0) is 49.1 Å². The summed E-state index contributed by atoms with van der Waals surface area (Å²) in [6, 6.07) is 8.68. The Labute approximate surface area is 146 Å². The minimum Gasteiger partial charge on any atom is -0.481 e. The highest BCUT2D eigenvalue weighted by atomic mass is 16.4. The fourth-order valence-corrected chi connectivity index (χ4v) is 5.68. The van der Waals surface area contributed by atoms with E-state index in [1.165, 1.54) is 22.2 Å². The second kappa shape index (κ2) is 5.58. The molecular weight excluding hydrogens is 316 g/mol. The normalized spacial score (nSPS) is 35.0. The standard InChI is InChI=1S/C20H24N2O3/c23-17-6-5-11-10-22-8-7-13-12-3-1-2-4-15(12)21-19(13)16(22)9-14(11)18(17)20(24)25/h1-4,11,14,16-18,21,23H,5-10H2,(H,24,25)/t11-,14?,16-,17-,18+/m0/s1. The molecule has 2 aromatic rings. The van der Waals surface area contributed by atoms with E-state index in [1.807, 2.05) is 0 Å². The first kappa shape index (κ1) is 15.4. The number of aliphatic carboxylic acids is 1. The van der Waals surface area contributed by atoms with E-state index in [0.717, 1.165) is 32.4 Å². The van der Waals surface area contributed by atoms with Gasteiger partial charge in [0.15, 0.2) is 0 Å². The number of carboxylic acid groups (broad SMARTS) is 1. The Bertz CT molecular complexity index is 829. The molecule has 25 heavy (non-hydrogen) atoms. The van der Waals surface area contributed by atoms with E-state index in [-0.39, 0.29) is 12.0 Å². The highest BCUT2D eigenvalue weighted by molar-refractivity contribution is 5.85. The van der Waals surface area contributed by atoms with Gasteiger partial charge in [0.2, 0.25) is 0 Å². The minimum absolute atomic E-state index is 0.0693. The summed E-state index contributed by atoms with van der Waals surface area (Å²) in [7, 11) is 0. The molecule has 0 radical (unpaired) electrons. The van der Waals surface area contributed by atoms with Gasteiger partial charge in [-0.1, -0.05) is 18.2 Å². The fraction of sp³-hybridized carbons (Fsp3) is 0.550. The van der Waals surface area contributed by atoms with E-state index in [0.29, 0.717) is 12.3 Å². The molecule has 3 aliphatic rings. The maximum atomic E-state index is 11.8. The second-order valence-corrected chi connectivity index (χ2v) is 7.99. The zero-order valence-electron chi connectivity index (χ0n) is 14.2. The topological polar surface area (TPSA) is 76.6 Å². The van der Waals surface area contributed by atoms with Crippen molar-refractivity contribution in [2.45, 2.75) is 37.8 Å². The molecule has 1 aliphatic carbocycles. The number of nitrogens with one attached hydrogen (secondary N) is 1. The number of fused-ring (bicyclic) bond motifs is 6. The Kier molecular flexibility index (Phi) is 3.44. The molecule has 5 nitrogen and oxygen atoms in total. The van der Waals surface area contributed by atoms with Crippen LogP contribution in [-0.4, -0.2) is 45.3 Å². The molecule has 1 saturated carbocycles. The van der Waals surface area contributed by atoms with Crippen LogP contribution in [0.4, 0.5) is 0 Å². The van der Waals surface area contributed by atoms with Gasteiger partial charge in [0.25, 0.3) is 0 Å². The Morgan fingerprint density at radius 3 is 2.92 bits per heavy atom. The molecule has 1 unspecified atom stereocenters. The van der Waals surface area contributed by atoms with Crippen molar-refractivity contribution in [3.05, 3.63) is 35.5 Å². The van der Waals surface area contributed by atoms with Crippen LogP contribution >= 0.6 is 0 Å². The summed E-state index contributed by atoms with van der Waals surface area (Å²) in [6.45, 7) is 2.00. The molecule has 0 bridgehead atoms. The lowest BCUT2D eigenvalue weighted by atomic mass is 9.65. The molecule has 3 N–H and O–H groups in total. The van der Waals surface area contributed by atoms with Crippen LogP contribution in [0.5, 0.6) is 0 Å². The number of hydrogen-bond acceptors (Lipinski definition) is 3. The predicted octanol–water partition coefficient (Wildman–Crippen LogP) is 2.56. The van der Waals surface area contributed by atoms with E-state index >= 15 is 0 Å². The van der Waals surface area contributed by atoms with Crippen LogP contribution < -0.4 is 0 Å². The van der Waals surface area contributed by atoms with Crippen molar-refractivity contribution in [2.75, 3.05) is 13.1 Å². The van der Waals surface area contributed by atoms with Gasteiger partial charge in [0, 0.05) is 29.7 Å². The average Bonchev–Trinajstić information content (AvgIpc) is 2.99. The molecule has 2 fully saturated rings. The Hall–Kier alpha value is -1.85. The number of carboxylic acids is 1. The van der Waals surface area contributed by atoms with Crippen molar-refractivity contribution in [1.82, 2.24) is 9.88 Å². The van der Waals surface area contributed by atoms with E-state index in [9.17, 15) is 15.0 Å². The number of benzene rings is 1. The molecular formula is C20H24N2O3. The highest BCUT2D eigenvalue weighted by Gasteiger charge is 2.49. The van der Waals surface area contributed by atoms with Gasteiger partial charge in [0.05, 0.1) is 18.1 Å². The molecule has 0 amide bonds. The summed E-state index contributed by atoms with van der Waals surface area (Å²) in [5.74, 6) is -0.981. The summed E-state index contributed by atoms with van der Waals surface area (Å²) in [5, 5.41) is 21.3. The molecule has 2 aliphatic heterocycles. The van der Waals surface area contributed by atoms with E-state index < -0.39 is 18.0 Å². The third kappa shape index (κ3) is 2.26. The summed E-state index contributed by atoms with van der Waals surface area (Å²) in [5.41, 5.74) is 3.85. The van der Waals surface area contributed by atoms with Crippen LogP contribution in [0.15, 0.2) is 24.3 Å². The van der Waals surface area contributed by atoms with Crippen molar-refractivity contribution in [3.63, 3.8) is 0 Å². The van der Waals surface area contributed by atoms with Gasteiger partial charge in [-0.25, -0.2) is 0 Å². The van der Waals surface area contributed by atoms with Crippen LogP contribution in [0.1, 0.15) is 36.6 Å². The average molecular weight is 340 g/mol. The highest BCUT2D eigenvalue weighted by Crippen LogP contribution is 2.49. The molecule has 3 heterocycles. The quantitative estimate of drug-likeness (QED) is 0.746. The third-order valence-electron chi connectivity index (χ3n) is 6.83. The smallest absolute Gasteiger partial charge is 0.309 e. The first-order valence-corrected chi connectivity index (χ1v) is 9.38. The summed E-state index contributed by atoms with van der Waals surface area (Å²) in [4.78, 5) is 17.9. The number of hydrogen-bond donors (Lipinski definition) is 3. The lowest BCUT2D eigenvalue weighted by molar-refractivity contribution is -0.156. The van der Waals surface area contributed by atoms with Crippen molar-refractivity contribution in [2.24, 2.45) is 17.8 Å². The van der Waals surface area contributed by atoms with Crippen molar-refractivity contribution >= 4 is 16.9 Å². The maximum Gasteiger partial charge on any atom is 0.309 e. The number of rotatable bonds is 1. The molecule has 1 aromatic heterocycles. The summed E-state index contributed by atoms with van der Waals surface area (Å²) >= 11 is 0. The number of nitrogens with zero attached hydrogens (tertiary/aromatic N) is 1. The zero-order valence-corrected chi connectivity index (χ0v) is 14.2. The molecule has 1 aromatic carbocycles. The Balaban J connectivity index is 1.54. The Morgan fingerprint density at radius 2 is 2.08 bits per heavy atom. The van der Waals surface area contributed by atoms with E-state index in [1.54, 1.807) is 0 Å². The van der Waals surface area contributed by atoms with Crippen LogP contribution in [0, 0.1) is 17.8 Å². The van der Waals surface area contributed by atoms with E-state index in [2.05, 4.69) is 34.1 Å². The van der Waals surface area contributed by atoms with Gasteiger partial charge < -0.3 is 15.2 Å². The second-order valence-electron chi connectivity index (χ2n) is 7.99. The van der Waals surface area contributed by atoms with Gasteiger partial charge >= 0.3 is 5.97 Å². The molecule has 5 rings (SSSR count). The van der Waals surface area contributed by atoms with Crippen molar-refractivity contribution < 1.29 is 15.0 Å². The van der Waals surface area contributed by atoms with Crippen molar-refractivity contribution in [1.29, 1.82) is 0 Å². The summed E-state index contributed by atoms with van der Waals surface area (Å²) in [6.07, 6.45) is 2.75. The number of aliphatic hydroxyl groups is 1. The number of carbonyl (C=O) groups is 1. The number of para-hydroxylation sites is 1. The number of H-pyrrole nitrogens is 1. The number of aromatic amines is 1. The third-order valence-corrected chi connectivity index (χ3v) is 6.83. The lowest BCUT2D eigenvalue weighted by Gasteiger charge is -2.50. The van der Waals surface area contributed by atoms with E-state index in [4.69, 9.17) is 0 Å². The first-order valence-electron chi connectivity index (χ1n) is 9.38. The van der Waals surface area contributed by atoms with Gasteiger partial charge in [-0.15, -0.1) is 0 Å². The van der Waals surface area contributed by atoms with Crippen LogP contribution in [0.2, 0.25) is 0 Å².